The SMILES string of the molecule is c1ccc(-c2ccccc2)cc1.c1ccc(C2CCCCC2)cc1. The zero-order chi connectivity index (χ0) is 16.5. The van der Waals surface area contributed by atoms with Gasteiger partial charge in [0.15, 0.2) is 0 Å². The van der Waals surface area contributed by atoms with Crippen molar-refractivity contribution in [2.75, 3.05) is 0 Å². The molecule has 4 rings (SSSR count). The Bertz CT molecular complexity index is 642. The van der Waals surface area contributed by atoms with E-state index in [9.17, 15) is 0 Å². The highest BCUT2D eigenvalue weighted by Crippen LogP contribution is 2.32. The average molecular weight is 314 g/mol. The first-order valence-corrected chi connectivity index (χ1v) is 9.09. The van der Waals surface area contributed by atoms with Gasteiger partial charge in [0.05, 0.1) is 0 Å². The first-order valence-electron chi connectivity index (χ1n) is 9.09. The van der Waals surface area contributed by atoms with Gasteiger partial charge in [-0.1, -0.05) is 110 Å². The smallest absolute Gasteiger partial charge is 0.0162 e. The van der Waals surface area contributed by atoms with Crippen molar-refractivity contribution in [3.63, 3.8) is 0 Å². The average Bonchev–Trinajstić information content (AvgIpc) is 2.71. The van der Waals surface area contributed by atoms with E-state index in [-0.39, 0.29) is 0 Å². The highest BCUT2D eigenvalue weighted by atomic mass is 14.2. The van der Waals surface area contributed by atoms with Crippen LogP contribution >= 0.6 is 0 Å². The highest BCUT2D eigenvalue weighted by molar-refractivity contribution is 5.62. The first-order chi connectivity index (χ1) is 11.9. The number of hydrogen-bond acceptors (Lipinski definition) is 0. The van der Waals surface area contributed by atoms with E-state index >= 15 is 0 Å². The maximum Gasteiger partial charge on any atom is -0.0162 e. The van der Waals surface area contributed by atoms with Crippen molar-refractivity contribution in [1.29, 1.82) is 0 Å². The van der Waals surface area contributed by atoms with Crippen LogP contribution in [0.2, 0.25) is 0 Å². The summed E-state index contributed by atoms with van der Waals surface area (Å²) >= 11 is 0. The van der Waals surface area contributed by atoms with E-state index in [0.717, 1.165) is 5.92 Å². The van der Waals surface area contributed by atoms with Crippen LogP contribution in [0, 0.1) is 0 Å². The number of benzene rings is 3. The van der Waals surface area contributed by atoms with Crippen LogP contribution in [0.4, 0.5) is 0 Å². The summed E-state index contributed by atoms with van der Waals surface area (Å²) in [4.78, 5) is 0. The van der Waals surface area contributed by atoms with Gasteiger partial charge >= 0.3 is 0 Å². The van der Waals surface area contributed by atoms with Crippen LogP contribution in [0.5, 0.6) is 0 Å². The lowest BCUT2D eigenvalue weighted by Gasteiger charge is -2.21. The fourth-order valence-corrected chi connectivity index (χ4v) is 3.42. The Hall–Kier alpha value is -2.34. The minimum absolute atomic E-state index is 0.861. The van der Waals surface area contributed by atoms with E-state index in [0.29, 0.717) is 0 Å². The van der Waals surface area contributed by atoms with Gasteiger partial charge in [-0.05, 0) is 35.4 Å². The third kappa shape index (κ3) is 4.83. The Morgan fingerprint density at radius 3 is 1.33 bits per heavy atom. The second-order valence-electron chi connectivity index (χ2n) is 6.48. The normalized spacial score (nSPS) is 14.5. The van der Waals surface area contributed by atoms with Gasteiger partial charge in [-0.25, -0.2) is 0 Å². The maximum absolute atomic E-state index is 2.27. The van der Waals surface area contributed by atoms with Gasteiger partial charge in [0, 0.05) is 0 Å². The maximum atomic E-state index is 2.27. The monoisotopic (exact) mass is 314 g/mol. The molecule has 1 saturated carbocycles. The standard InChI is InChI=1S/C12H16.C12H10/c2*1-3-7-11(8-4-1)12-9-5-2-6-10-12/h1,3-4,7-8,12H,2,5-6,9-10H2;1-10H. The van der Waals surface area contributed by atoms with E-state index in [1.54, 1.807) is 5.56 Å². The fraction of sp³-hybridized carbons (Fsp3) is 0.250. The molecule has 0 unspecified atom stereocenters. The predicted octanol–water partition coefficient (Wildman–Crippen LogP) is 7.09. The molecule has 0 amide bonds. The van der Waals surface area contributed by atoms with Gasteiger partial charge < -0.3 is 0 Å². The summed E-state index contributed by atoms with van der Waals surface area (Å²) in [5.41, 5.74) is 4.11. The molecule has 0 heteroatoms. The third-order valence-electron chi connectivity index (χ3n) is 4.76. The number of rotatable bonds is 2. The van der Waals surface area contributed by atoms with E-state index in [2.05, 4.69) is 78.9 Å². The lowest BCUT2D eigenvalue weighted by Crippen LogP contribution is -2.03. The fourth-order valence-electron chi connectivity index (χ4n) is 3.42. The van der Waals surface area contributed by atoms with Gasteiger partial charge in [-0.15, -0.1) is 0 Å². The summed E-state index contributed by atoms with van der Waals surface area (Å²) in [7, 11) is 0. The Balaban J connectivity index is 0.000000141. The van der Waals surface area contributed by atoms with Crippen molar-refractivity contribution in [2.24, 2.45) is 0 Å². The minimum atomic E-state index is 0.861. The van der Waals surface area contributed by atoms with Crippen molar-refractivity contribution in [3.05, 3.63) is 96.6 Å². The summed E-state index contributed by atoms with van der Waals surface area (Å²) in [5.74, 6) is 0.861. The van der Waals surface area contributed by atoms with Crippen LogP contribution in [0.25, 0.3) is 11.1 Å². The molecular weight excluding hydrogens is 288 g/mol. The van der Waals surface area contributed by atoms with Gasteiger partial charge in [0.2, 0.25) is 0 Å². The third-order valence-corrected chi connectivity index (χ3v) is 4.76. The van der Waals surface area contributed by atoms with Gasteiger partial charge in [-0.2, -0.15) is 0 Å². The lowest BCUT2D eigenvalue weighted by atomic mass is 9.84. The Morgan fingerprint density at radius 1 is 0.458 bits per heavy atom. The molecule has 0 saturated heterocycles. The Morgan fingerprint density at radius 2 is 0.875 bits per heavy atom. The molecule has 0 bridgehead atoms. The Labute approximate surface area is 146 Å². The Kier molecular flexibility index (Phi) is 6.25. The van der Waals surface area contributed by atoms with E-state index in [4.69, 9.17) is 0 Å². The van der Waals surface area contributed by atoms with Gasteiger partial charge in [-0.3, -0.25) is 0 Å². The van der Waals surface area contributed by atoms with E-state index < -0.39 is 0 Å². The zero-order valence-electron chi connectivity index (χ0n) is 14.3. The molecule has 3 aromatic rings. The van der Waals surface area contributed by atoms with Crippen LogP contribution in [-0.4, -0.2) is 0 Å². The predicted molar refractivity (Wildman–Crippen MR) is 104 cm³/mol. The minimum Gasteiger partial charge on any atom is -0.0622 e. The lowest BCUT2D eigenvalue weighted by molar-refractivity contribution is 0.443. The summed E-state index contributed by atoms with van der Waals surface area (Å²) in [6.45, 7) is 0. The molecular formula is C24H26. The van der Waals surface area contributed by atoms with Crippen molar-refractivity contribution >= 4 is 0 Å². The molecule has 0 N–H and O–H groups in total. The summed E-state index contributed by atoms with van der Waals surface area (Å²) in [5, 5.41) is 0. The van der Waals surface area contributed by atoms with Crippen LogP contribution in [-0.2, 0) is 0 Å². The molecule has 122 valence electrons. The molecule has 0 aromatic heterocycles. The van der Waals surface area contributed by atoms with E-state index in [1.165, 1.54) is 43.2 Å². The summed E-state index contributed by atoms with van der Waals surface area (Å²) in [6, 6.07) is 31.7. The first kappa shape index (κ1) is 16.5. The second kappa shape index (κ2) is 9.08. The van der Waals surface area contributed by atoms with Crippen LogP contribution in [0.3, 0.4) is 0 Å². The highest BCUT2D eigenvalue weighted by Gasteiger charge is 2.14. The largest absolute Gasteiger partial charge is 0.0622 e. The molecule has 24 heavy (non-hydrogen) atoms. The van der Waals surface area contributed by atoms with Gasteiger partial charge in [0.1, 0.15) is 0 Å². The van der Waals surface area contributed by atoms with Crippen LogP contribution in [0.1, 0.15) is 43.6 Å². The van der Waals surface area contributed by atoms with Crippen molar-refractivity contribution < 1.29 is 0 Å². The summed E-state index contributed by atoms with van der Waals surface area (Å²) < 4.78 is 0. The topological polar surface area (TPSA) is 0 Å². The second-order valence-corrected chi connectivity index (χ2v) is 6.48. The molecule has 0 nitrogen and oxygen atoms in total. The number of hydrogen-bond donors (Lipinski definition) is 0. The van der Waals surface area contributed by atoms with Gasteiger partial charge in [0.25, 0.3) is 0 Å². The van der Waals surface area contributed by atoms with Crippen molar-refractivity contribution in [2.45, 2.75) is 38.0 Å². The van der Waals surface area contributed by atoms with E-state index in [1.807, 2.05) is 12.1 Å². The quantitative estimate of drug-likeness (QED) is 0.473. The van der Waals surface area contributed by atoms with Crippen LogP contribution < -0.4 is 0 Å². The molecule has 1 aliphatic carbocycles. The molecule has 1 fully saturated rings. The molecule has 0 atom stereocenters. The molecule has 0 heterocycles. The van der Waals surface area contributed by atoms with Crippen LogP contribution in [0.15, 0.2) is 91.0 Å². The van der Waals surface area contributed by atoms with Crippen molar-refractivity contribution in [3.8, 4) is 11.1 Å². The molecule has 0 spiro atoms. The molecule has 0 aliphatic heterocycles. The summed E-state index contributed by atoms with van der Waals surface area (Å²) in [6.07, 6.45) is 7.12. The molecule has 0 radical (unpaired) electrons. The molecule has 1 aliphatic rings. The zero-order valence-corrected chi connectivity index (χ0v) is 14.3. The van der Waals surface area contributed by atoms with Crippen molar-refractivity contribution in [1.82, 2.24) is 0 Å². The molecule has 3 aromatic carbocycles.